The minimum atomic E-state index is -0.714. The van der Waals surface area contributed by atoms with E-state index < -0.39 is 11.6 Å². The molecule has 0 amide bonds. The summed E-state index contributed by atoms with van der Waals surface area (Å²) in [7, 11) is 0. The first kappa shape index (κ1) is 17.9. The van der Waals surface area contributed by atoms with Crippen molar-refractivity contribution < 1.29 is 8.78 Å². The largest absolute Gasteiger partial charge is 0.351 e. The van der Waals surface area contributed by atoms with Crippen molar-refractivity contribution in [1.82, 2.24) is 14.2 Å². The molecule has 0 bridgehead atoms. The number of nitrogens with one attached hydrogen (secondary N) is 1. The van der Waals surface area contributed by atoms with Crippen LogP contribution in [0.25, 0.3) is 16.8 Å². The Morgan fingerprint density at radius 2 is 1.93 bits per heavy atom. The van der Waals surface area contributed by atoms with E-state index in [0.717, 1.165) is 18.9 Å². The summed E-state index contributed by atoms with van der Waals surface area (Å²) < 4.78 is 30.5. The van der Waals surface area contributed by atoms with Crippen LogP contribution in [0.1, 0.15) is 18.9 Å². The standard InChI is InChI=1S/C21H15ClF2N4O/c22-16-4-2-1-3-15(16)19-20-25-10-13(26-18-8-5-12(23)9-17(18)24)11-27(20)28(21(19)29)14-6-7-14/h1-5,8-11,14,26H,6-7H2. The van der Waals surface area contributed by atoms with Gasteiger partial charge in [0, 0.05) is 16.7 Å². The molecule has 1 aliphatic rings. The topological polar surface area (TPSA) is 51.3 Å². The van der Waals surface area contributed by atoms with Gasteiger partial charge in [-0.05, 0) is 31.0 Å². The molecule has 29 heavy (non-hydrogen) atoms. The number of halogens is 3. The molecule has 5 nitrogen and oxygen atoms in total. The Bertz CT molecular complexity index is 1310. The van der Waals surface area contributed by atoms with Crippen LogP contribution in [0.5, 0.6) is 0 Å². The first-order valence-electron chi connectivity index (χ1n) is 9.13. The minimum absolute atomic E-state index is 0.0887. The lowest BCUT2D eigenvalue weighted by Crippen LogP contribution is -2.19. The lowest BCUT2D eigenvalue weighted by Gasteiger charge is -2.10. The second-order valence-electron chi connectivity index (χ2n) is 7.00. The molecule has 1 fully saturated rings. The van der Waals surface area contributed by atoms with Crippen LogP contribution in [0, 0.1) is 11.6 Å². The minimum Gasteiger partial charge on any atom is -0.351 e. The predicted octanol–water partition coefficient (Wildman–Crippen LogP) is 5.17. The Morgan fingerprint density at radius 3 is 2.66 bits per heavy atom. The van der Waals surface area contributed by atoms with E-state index in [1.807, 2.05) is 6.07 Å². The van der Waals surface area contributed by atoms with E-state index in [0.29, 0.717) is 27.5 Å². The second-order valence-corrected chi connectivity index (χ2v) is 7.40. The zero-order valence-electron chi connectivity index (χ0n) is 15.1. The van der Waals surface area contributed by atoms with E-state index >= 15 is 0 Å². The molecule has 2 aromatic heterocycles. The number of anilines is 2. The summed E-state index contributed by atoms with van der Waals surface area (Å²) in [5.41, 5.74) is 1.94. The zero-order chi connectivity index (χ0) is 20.1. The van der Waals surface area contributed by atoms with Gasteiger partial charge in [-0.2, -0.15) is 0 Å². The molecule has 0 atom stereocenters. The van der Waals surface area contributed by atoms with Gasteiger partial charge in [0.25, 0.3) is 5.56 Å². The van der Waals surface area contributed by atoms with Gasteiger partial charge in [0.05, 0.1) is 35.4 Å². The average Bonchev–Trinajstić information content (AvgIpc) is 3.48. The zero-order valence-corrected chi connectivity index (χ0v) is 15.8. The van der Waals surface area contributed by atoms with E-state index in [9.17, 15) is 13.6 Å². The van der Waals surface area contributed by atoms with E-state index in [2.05, 4.69) is 10.3 Å². The third kappa shape index (κ3) is 3.07. The maximum absolute atomic E-state index is 14.0. The smallest absolute Gasteiger partial charge is 0.277 e. The van der Waals surface area contributed by atoms with Crippen molar-refractivity contribution in [2.75, 3.05) is 5.32 Å². The Hall–Kier alpha value is -3.19. The van der Waals surface area contributed by atoms with Crippen LogP contribution in [0.2, 0.25) is 5.02 Å². The number of nitrogens with zero attached hydrogens (tertiary/aromatic N) is 3. The van der Waals surface area contributed by atoms with E-state index in [-0.39, 0.29) is 17.3 Å². The van der Waals surface area contributed by atoms with Crippen molar-refractivity contribution in [3.8, 4) is 11.1 Å². The number of aromatic nitrogens is 3. The molecule has 5 rings (SSSR count). The number of benzene rings is 2. The number of fused-ring (bicyclic) bond motifs is 1. The van der Waals surface area contributed by atoms with E-state index in [1.165, 1.54) is 18.3 Å². The highest BCUT2D eigenvalue weighted by Gasteiger charge is 2.30. The van der Waals surface area contributed by atoms with Gasteiger partial charge in [-0.3, -0.25) is 4.79 Å². The molecule has 0 spiro atoms. The molecule has 2 aromatic carbocycles. The highest BCUT2D eigenvalue weighted by atomic mass is 35.5. The molecule has 0 aliphatic heterocycles. The summed E-state index contributed by atoms with van der Waals surface area (Å²) in [5.74, 6) is -1.37. The van der Waals surface area contributed by atoms with Crippen molar-refractivity contribution in [3.63, 3.8) is 0 Å². The van der Waals surface area contributed by atoms with E-state index in [1.54, 1.807) is 33.6 Å². The molecule has 0 unspecified atom stereocenters. The first-order valence-corrected chi connectivity index (χ1v) is 9.50. The van der Waals surface area contributed by atoms with Crippen LogP contribution in [-0.4, -0.2) is 14.2 Å². The molecule has 1 aliphatic carbocycles. The fourth-order valence-electron chi connectivity index (χ4n) is 3.44. The van der Waals surface area contributed by atoms with Gasteiger partial charge in [0.2, 0.25) is 0 Å². The molecular weight excluding hydrogens is 398 g/mol. The summed E-state index contributed by atoms with van der Waals surface area (Å²) in [4.78, 5) is 17.7. The van der Waals surface area contributed by atoms with Crippen molar-refractivity contribution >= 4 is 28.6 Å². The summed E-state index contributed by atoms with van der Waals surface area (Å²) in [5, 5.41) is 3.36. The SMILES string of the molecule is O=c1c(-c2ccccc2Cl)c2ncc(Nc3ccc(F)cc3F)cn2n1C1CC1. The molecule has 146 valence electrons. The number of hydrogen-bond acceptors (Lipinski definition) is 3. The normalized spacial score (nSPS) is 13.8. The maximum Gasteiger partial charge on any atom is 0.277 e. The van der Waals surface area contributed by atoms with Gasteiger partial charge >= 0.3 is 0 Å². The molecule has 0 saturated heterocycles. The van der Waals surface area contributed by atoms with Crippen molar-refractivity contribution in [3.05, 3.63) is 81.9 Å². The fourth-order valence-corrected chi connectivity index (χ4v) is 3.67. The molecule has 0 radical (unpaired) electrons. The van der Waals surface area contributed by atoms with Gasteiger partial charge in [-0.25, -0.2) is 23.0 Å². The van der Waals surface area contributed by atoms with Crippen LogP contribution in [0.4, 0.5) is 20.2 Å². The van der Waals surface area contributed by atoms with Gasteiger partial charge in [-0.15, -0.1) is 0 Å². The number of rotatable bonds is 4. The summed E-state index contributed by atoms with van der Waals surface area (Å²) in [6.45, 7) is 0. The third-order valence-corrected chi connectivity index (χ3v) is 5.26. The van der Waals surface area contributed by atoms with Crippen LogP contribution >= 0.6 is 11.6 Å². The monoisotopic (exact) mass is 412 g/mol. The fraction of sp³-hybridized carbons (Fsp3) is 0.143. The molecule has 8 heteroatoms. The summed E-state index contributed by atoms with van der Waals surface area (Å²) in [6.07, 6.45) is 5.00. The van der Waals surface area contributed by atoms with Crippen LogP contribution in [-0.2, 0) is 0 Å². The Labute approximate surface area is 169 Å². The summed E-state index contributed by atoms with van der Waals surface area (Å²) in [6, 6.07) is 10.5. The van der Waals surface area contributed by atoms with E-state index in [4.69, 9.17) is 11.6 Å². The lowest BCUT2D eigenvalue weighted by atomic mass is 10.1. The Morgan fingerprint density at radius 1 is 1.14 bits per heavy atom. The first-order chi connectivity index (χ1) is 14.0. The Kier molecular flexibility index (Phi) is 4.13. The van der Waals surface area contributed by atoms with Crippen molar-refractivity contribution in [1.29, 1.82) is 0 Å². The predicted molar refractivity (Wildman–Crippen MR) is 108 cm³/mol. The van der Waals surface area contributed by atoms with Crippen LogP contribution < -0.4 is 10.9 Å². The Balaban J connectivity index is 1.67. The average molecular weight is 413 g/mol. The van der Waals surface area contributed by atoms with Crippen molar-refractivity contribution in [2.24, 2.45) is 0 Å². The molecule has 1 saturated carbocycles. The molecule has 4 aromatic rings. The molecule has 1 N–H and O–H groups in total. The van der Waals surface area contributed by atoms with Crippen molar-refractivity contribution in [2.45, 2.75) is 18.9 Å². The third-order valence-electron chi connectivity index (χ3n) is 4.93. The van der Waals surface area contributed by atoms with Gasteiger partial charge < -0.3 is 5.32 Å². The lowest BCUT2D eigenvalue weighted by molar-refractivity contribution is 0.577. The highest BCUT2D eigenvalue weighted by molar-refractivity contribution is 6.33. The number of hydrogen-bond donors (Lipinski definition) is 1. The van der Waals surface area contributed by atoms with Gasteiger partial charge in [-0.1, -0.05) is 29.8 Å². The molecule has 2 heterocycles. The van der Waals surface area contributed by atoms with Gasteiger partial charge in [0.1, 0.15) is 11.6 Å². The van der Waals surface area contributed by atoms with Crippen LogP contribution in [0.15, 0.2) is 59.7 Å². The summed E-state index contributed by atoms with van der Waals surface area (Å²) >= 11 is 6.33. The maximum atomic E-state index is 14.0. The second kappa shape index (κ2) is 6.70. The highest BCUT2D eigenvalue weighted by Crippen LogP contribution is 2.36. The van der Waals surface area contributed by atoms with Gasteiger partial charge in [0.15, 0.2) is 5.65 Å². The quantitative estimate of drug-likeness (QED) is 0.503. The van der Waals surface area contributed by atoms with Crippen LogP contribution in [0.3, 0.4) is 0 Å². The molecular formula is C21H15ClF2N4O.